The Bertz CT molecular complexity index is 231. The van der Waals surface area contributed by atoms with Crippen molar-refractivity contribution >= 4 is 22.1 Å². The van der Waals surface area contributed by atoms with Gasteiger partial charge in [0.1, 0.15) is 0 Å². The van der Waals surface area contributed by atoms with Crippen molar-refractivity contribution in [2.45, 2.75) is 78.0 Å². The maximum atomic E-state index is 4.69. The van der Waals surface area contributed by atoms with Crippen molar-refractivity contribution in [2.24, 2.45) is 4.99 Å². The molecule has 0 unspecified atom stereocenters. The molecule has 0 aliphatic carbocycles. The fraction of sp³-hybridized carbons (Fsp3) is 0.938. The van der Waals surface area contributed by atoms with Gasteiger partial charge in [-0.2, -0.15) is 0 Å². The number of hydrogen-bond acceptors (Lipinski definition) is 1. The van der Waals surface area contributed by atoms with Crippen LogP contribution in [0.4, 0.5) is 0 Å². The van der Waals surface area contributed by atoms with Gasteiger partial charge < -0.3 is 0 Å². The van der Waals surface area contributed by atoms with Crippen molar-refractivity contribution in [3.63, 3.8) is 0 Å². The number of hydrogen-bond donors (Lipinski definition) is 0. The Kier molecular flexibility index (Phi) is 10.6. The molecule has 0 aromatic heterocycles. The van der Waals surface area contributed by atoms with Crippen molar-refractivity contribution < 1.29 is 0 Å². The largest absolute Gasteiger partial charge is 0.297 e. The van der Waals surface area contributed by atoms with Crippen LogP contribution in [0.5, 0.6) is 0 Å². The van der Waals surface area contributed by atoms with Crippen LogP contribution in [0.15, 0.2) is 4.99 Å². The van der Waals surface area contributed by atoms with Crippen LogP contribution in [0.3, 0.4) is 0 Å². The van der Waals surface area contributed by atoms with Gasteiger partial charge in [0.15, 0.2) is 0 Å². The summed E-state index contributed by atoms with van der Waals surface area (Å²) < 4.78 is 0. The van der Waals surface area contributed by atoms with E-state index in [1.54, 1.807) is 0 Å². The van der Waals surface area contributed by atoms with Crippen LogP contribution in [0.2, 0.25) is 0 Å². The first kappa shape index (κ1) is 19.5. The smallest absolute Gasteiger partial charge is 0.0424 e. The van der Waals surface area contributed by atoms with Crippen LogP contribution < -0.4 is 0 Å². The molecular formula is C16H35NP2. The summed E-state index contributed by atoms with van der Waals surface area (Å²) in [5.41, 5.74) is 3.33. The Morgan fingerprint density at radius 2 is 1.16 bits per heavy atom. The van der Waals surface area contributed by atoms with E-state index in [1.807, 2.05) is 0 Å². The average Bonchev–Trinajstić information content (AvgIpc) is 2.25. The molecule has 0 heterocycles. The number of nitrogens with zero attached hydrogens (tertiary/aromatic N) is 1. The highest BCUT2D eigenvalue weighted by atomic mass is 31.1. The van der Waals surface area contributed by atoms with Crippen LogP contribution in [0, 0.1) is 0 Å². The Morgan fingerprint density at radius 1 is 0.737 bits per heavy atom. The zero-order valence-corrected chi connectivity index (χ0v) is 16.1. The van der Waals surface area contributed by atoms with Gasteiger partial charge in [-0.25, -0.2) is 0 Å². The summed E-state index contributed by atoms with van der Waals surface area (Å²) >= 11 is 0. The third kappa shape index (κ3) is 8.41. The van der Waals surface area contributed by atoms with Crippen molar-refractivity contribution in [3.05, 3.63) is 0 Å². The molecule has 0 amide bonds. The van der Waals surface area contributed by atoms with Gasteiger partial charge in [0.25, 0.3) is 0 Å². The van der Waals surface area contributed by atoms with E-state index in [1.165, 1.54) is 12.3 Å². The molecule has 0 spiro atoms. The Hall–Kier alpha value is 0.530. The summed E-state index contributed by atoms with van der Waals surface area (Å²) in [5, 5.41) is 0. The molecular weight excluding hydrogens is 268 g/mol. The molecule has 114 valence electrons. The molecule has 1 nitrogen and oxygen atoms in total. The summed E-state index contributed by atoms with van der Waals surface area (Å²) in [6.45, 7) is 19.9. The summed E-state index contributed by atoms with van der Waals surface area (Å²) in [6.07, 6.45) is 4.74. The van der Waals surface area contributed by atoms with Crippen molar-refractivity contribution in [3.8, 4) is 0 Å². The van der Waals surface area contributed by atoms with E-state index < -0.39 is 0 Å². The monoisotopic (exact) mass is 303 g/mol. The molecule has 0 saturated heterocycles. The lowest BCUT2D eigenvalue weighted by Gasteiger charge is -2.25. The molecule has 0 atom stereocenters. The summed E-state index contributed by atoms with van der Waals surface area (Å²) in [6, 6.07) is 0. The molecule has 0 N–H and O–H groups in total. The zero-order valence-electron chi connectivity index (χ0n) is 14.3. The minimum Gasteiger partial charge on any atom is -0.297 e. The first-order valence-corrected chi connectivity index (χ1v) is 11.1. The Morgan fingerprint density at radius 3 is 1.53 bits per heavy atom. The van der Waals surface area contributed by atoms with E-state index in [9.17, 15) is 0 Å². The second kappa shape index (κ2) is 10.3. The van der Waals surface area contributed by atoms with Crippen molar-refractivity contribution in [1.29, 1.82) is 0 Å². The molecule has 0 aromatic rings. The lowest BCUT2D eigenvalue weighted by Crippen LogP contribution is -2.09. The van der Waals surface area contributed by atoms with Gasteiger partial charge >= 0.3 is 0 Å². The average molecular weight is 303 g/mol. The molecule has 0 saturated carbocycles. The highest BCUT2D eigenvalue weighted by molar-refractivity contribution is 7.60. The van der Waals surface area contributed by atoms with Gasteiger partial charge in [0.2, 0.25) is 0 Å². The normalized spacial score (nSPS) is 13.4. The van der Waals surface area contributed by atoms with E-state index in [-0.39, 0.29) is 15.8 Å². The second-order valence-corrected chi connectivity index (χ2v) is 13.4. The van der Waals surface area contributed by atoms with E-state index >= 15 is 0 Å². The maximum absolute atomic E-state index is 4.69. The lowest BCUT2D eigenvalue weighted by molar-refractivity contribution is 0.984. The minimum atomic E-state index is 0.120. The highest BCUT2D eigenvalue weighted by Gasteiger charge is 2.16. The van der Waals surface area contributed by atoms with Gasteiger partial charge in [-0.05, 0) is 28.8 Å². The molecule has 3 heteroatoms. The quantitative estimate of drug-likeness (QED) is 0.385. The van der Waals surface area contributed by atoms with Crippen LogP contribution in [0.25, 0.3) is 0 Å². The topological polar surface area (TPSA) is 12.4 Å². The van der Waals surface area contributed by atoms with E-state index in [4.69, 9.17) is 0 Å². The Balaban J connectivity index is 4.09. The molecule has 0 fully saturated rings. The fourth-order valence-corrected chi connectivity index (χ4v) is 7.46. The third-order valence-electron chi connectivity index (χ3n) is 3.56. The van der Waals surface area contributed by atoms with Crippen molar-refractivity contribution in [2.75, 3.05) is 18.9 Å². The number of aliphatic imine (C=N–C) groups is 1. The first-order chi connectivity index (χ1) is 8.77. The Labute approximate surface area is 124 Å². The molecule has 0 aromatic carbocycles. The predicted octanol–water partition coefficient (Wildman–Crippen LogP) is 5.65. The van der Waals surface area contributed by atoms with Gasteiger partial charge in [-0.1, -0.05) is 71.2 Å². The molecule has 0 aliphatic rings. The summed E-state index contributed by atoms with van der Waals surface area (Å²) in [7, 11) is 0.277. The maximum Gasteiger partial charge on any atom is 0.0424 e. The van der Waals surface area contributed by atoms with Gasteiger partial charge in [0, 0.05) is 18.9 Å². The van der Waals surface area contributed by atoms with Gasteiger partial charge in [-0.3, -0.25) is 4.99 Å². The predicted molar refractivity (Wildman–Crippen MR) is 97.5 cm³/mol. The van der Waals surface area contributed by atoms with Crippen molar-refractivity contribution in [1.82, 2.24) is 0 Å². The summed E-state index contributed by atoms with van der Waals surface area (Å²) in [5.74, 6) is 0. The minimum absolute atomic E-state index is 0.120. The molecule has 0 bridgehead atoms. The van der Waals surface area contributed by atoms with E-state index in [0.29, 0.717) is 0 Å². The van der Waals surface area contributed by atoms with Gasteiger partial charge in [0.05, 0.1) is 0 Å². The van der Waals surface area contributed by atoms with Crippen LogP contribution >= 0.6 is 15.8 Å². The third-order valence-corrected chi connectivity index (χ3v) is 10.2. The lowest BCUT2D eigenvalue weighted by atomic mass is 10.5. The fourth-order valence-electron chi connectivity index (χ4n) is 2.55. The van der Waals surface area contributed by atoms with Crippen LogP contribution in [-0.2, 0) is 0 Å². The zero-order chi connectivity index (χ0) is 15.0. The van der Waals surface area contributed by atoms with Crippen LogP contribution in [0.1, 0.15) is 55.4 Å². The molecule has 19 heavy (non-hydrogen) atoms. The SMILES string of the molecule is CC(C)P(CC=NCCP(C(C)C)C(C)C)C(C)C. The standard InChI is InChI=1S/C16H35NP2/c1-13(2)18(14(3)4)11-9-17-10-12-19(15(5)6)16(7)8/h9,13-16H,10-12H2,1-8H3. The first-order valence-electron chi connectivity index (χ1n) is 7.77. The van der Waals surface area contributed by atoms with Crippen LogP contribution in [-0.4, -0.2) is 47.7 Å². The number of rotatable bonds is 9. The molecule has 0 radical (unpaired) electrons. The van der Waals surface area contributed by atoms with Gasteiger partial charge in [-0.15, -0.1) is 0 Å². The second-order valence-electron chi connectivity index (χ2n) is 6.40. The summed E-state index contributed by atoms with van der Waals surface area (Å²) in [4.78, 5) is 4.69. The van der Waals surface area contributed by atoms with E-state index in [2.05, 4.69) is 66.6 Å². The van der Waals surface area contributed by atoms with E-state index in [0.717, 1.165) is 29.2 Å². The molecule has 0 rings (SSSR count). The molecule has 0 aliphatic heterocycles. The highest BCUT2D eigenvalue weighted by Crippen LogP contribution is 2.46.